The van der Waals surface area contributed by atoms with Crippen LogP contribution < -0.4 is 10.1 Å². The van der Waals surface area contributed by atoms with Gasteiger partial charge in [-0.1, -0.05) is 19.9 Å². The summed E-state index contributed by atoms with van der Waals surface area (Å²) >= 11 is 3.32. The monoisotopic (exact) mass is 352 g/mol. The van der Waals surface area contributed by atoms with Crippen molar-refractivity contribution in [2.45, 2.75) is 33.0 Å². The summed E-state index contributed by atoms with van der Waals surface area (Å²) in [6.45, 7) is 5.00. The lowest BCUT2D eigenvalue weighted by Gasteiger charge is -2.10. The summed E-state index contributed by atoms with van der Waals surface area (Å²) in [5.41, 5.74) is 1.65. The Morgan fingerprint density at radius 3 is 2.71 bits per heavy atom. The van der Waals surface area contributed by atoms with Crippen LogP contribution in [0.4, 0.5) is 4.39 Å². The van der Waals surface area contributed by atoms with Gasteiger partial charge in [-0.25, -0.2) is 4.39 Å². The Morgan fingerprint density at radius 1 is 1.29 bits per heavy atom. The molecule has 112 valence electrons. The third-order valence-electron chi connectivity index (χ3n) is 2.87. The number of rotatable bonds is 6. The van der Waals surface area contributed by atoms with Crippen molar-refractivity contribution in [3.8, 4) is 5.75 Å². The molecule has 0 bridgehead atoms. The van der Waals surface area contributed by atoms with Crippen LogP contribution in [0.1, 0.15) is 25.1 Å². The third kappa shape index (κ3) is 5.10. The van der Waals surface area contributed by atoms with E-state index in [4.69, 9.17) is 4.74 Å². The van der Waals surface area contributed by atoms with E-state index >= 15 is 0 Å². The number of ether oxygens (including phenoxy) is 1. The van der Waals surface area contributed by atoms with Gasteiger partial charge in [0.1, 0.15) is 6.61 Å². The molecule has 0 fully saturated rings. The first kappa shape index (κ1) is 15.9. The van der Waals surface area contributed by atoms with Crippen molar-refractivity contribution in [3.05, 3.63) is 58.1 Å². The van der Waals surface area contributed by atoms with Gasteiger partial charge < -0.3 is 10.1 Å². The van der Waals surface area contributed by atoms with Gasteiger partial charge in [0.15, 0.2) is 11.6 Å². The van der Waals surface area contributed by atoms with Gasteiger partial charge in [-0.3, -0.25) is 4.98 Å². The summed E-state index contributed by atoms with van der Waals surface area (Å²) < 4.78 is 20.3. The normalized spacial score (nSPS) is 10.9. The minimum Gasteiger partial charge on any atom is -0.484 e. The fourth-order valence-electron chi connectivity index (χ4n) is 1.74. The molecule has 3 nitrogen and oxygen atoms in total. The molecular formula is C16H18BrFN2O. The molecule has 1 aromatic heterocycles. The van der Waals surface area contributed by atoms with E-state index in [1.54, 1.807) is 12.3 Å². The first-order valence-corrected chi connectivity index (χ1v) is 7.59. The third-order valence-corrected chi connectivity index (χ3v) is 3.34. The van der Waals surface area contributed by atoms with Crippen LogP contribution in [-0.4, -0.2) is 11.0 Å². The molecule has 0 saturated carbocycles. The zero-order valence-electron chi connectivity index (χ0n) is 12.1. The van der Waals surface area contributed by atoms with Gasteiger partial charge in [0.05, 0.1) is 5.69 Å². The lowest BCUT2D eigenvalue weighted by Crippen LogP contribution is -2.21. The predicted octanol–water partition coefficient (Wildman–Crippen LogP) is 4.06. The van der Waals surface area contributed by atoms with Crippen LogP contribution in [0.5, 0.6) is 5.75 Å². The number of hydrogen-bond donors (Lipinski definition) is 1. The fourth-order valence-corrected chi connectivity index (χ4v) is 1.97. The first-order chi connectivity index (χ1) is 10.0. The molecule has 21 heavy (non-hydrogen) atoms. The number of aromatic nitrogens is 1. The summed E-state index contributed by atoms with van der Waals surface area (Å²) in [5.74, 6) is -0.108. The molecule has 0 amide bonds. The average molecular weight is 353 g/mol. The molecule has 1 heterocycles. The molecule has 0 spiro atoms. The second-order valence-electron chi connectivity index (χ2n) is 5.06. The maximum Gasteiger partial charge on any atom is 0.165 e. The van der Waals surface area contributed by atoms with Crippen molar-refractivity contribution >= 4 is 15.9 Å². The van der Waals surface area contributed by atoms with E-state index < -0.39 is 0 Å². The highest BCUT2D eigenvalue weighted by molar-refractivity contribution is 9.10. The summed E-state index contributed by atoms with van der Waals surface area (Å²) in [5, 5.41) is 3.25. The van der Waals surface area contributed by atoms with Gasteiger partial charge >= 0.3 is 0 Å². The highest BCUT2D eigenvalue weighted by Gasteiger charge is 2.06. The highest BCUT2D eigenvalue weighted by atomic mass is 79.9. The second kappa shape index (κ2) is 7.52. The zero-order chi connectivity index (χ0) is 15.2. The molecule has 0 aliphatic carbocycles. The van der Waals surface area contributed by atoms with Crippen LogP contribution in [0, 0.1) is 5.82 Å². The van der Waals surface area contributed by atoms with Crippen molar-refractivity contribution in [1.82, 2.24) is 10.3 Å². The molecule has 0 radical (unpaired) electrons. The molecule has 0 saturated heterocycles. The maximum atomic E-state index is 14.0. The standard InChI is InChI=1S/C16H18BrFN2O/c1-11(2)19-8-12-3-6-16(15(18)7-12)21-10-14-5-4-13(17)9-20-14/h3-7,9,11,19H,8,10H2,1-2H3. The fraction of sp³-hybridized carbons (Fsp3) is 0.312. The van der Waals surface area contributed by atoms with Gasteiger partial charge in [-0.2, -0.15) is 0 Å². The van der Waals surface area contributed by atoms with Crippen molar-refractivity contribution in [3.63, 3.8) is 0 Å². The molecule has 2 aromatic rings. The van der Waals surface area contributed by atoms with Crippen LogP contribution in [-0.2, 0) is 13.2 Å². The minimum absolute atomic E-state index is 0.244. The van der Waals surface area contributed by atoms with E-state index in [9.17, 15) is 4.39 Å². The molecule has 1 aromatic carbocycles. The Labute approximate surface area is 132 Å². The van der Waals surface area contributed by atoms with E-state index in [-0.39, 0.29) is 18.2 Å². The summed E-state index contributed by atoms with van der Waals surface area (Å²) in [6, 6.07) is 9.10. The average Bonchev–Trinajstić information content (AvgIpc) is 2.46. The van der Waals surface area contributed by atoms with Crippen LogP contribution in [0.15, 0.2) is 41.0 Å². The number of halogens is 2. The van der Waals surface area contributed by atoms with Gasteiger partial charge in [0.25, 0.3) is 0 Å². The van der Waals surface area contributed by atoms with Crippen molar-refractivity contribution < 1.29 is 9.13 Å². The molecule has 5 heteroatoms. The number of nitrogens with zero attached hydrogens (tertiary/aromatic N) is 1. The molecular weight excluding hydrogens is 335 g/mol. The number of pyridine rings is 1. The van der Waals surface area contributed by atoms with Crippen LogP contribution in [0.3, 0.4) is 0 Å². The Kier molecular flexibility index (Phi) is 5.70. The summed E-state index contributed by atoms with van der Waals surface area (Å²) in [4.78, 5) is 4.19. The quantitative estimate of drug-likeness (QED) is 0.851. The topological polar surface area (TPSA) is 34.1 Å². The van der Waals surface area contributed by atoms with Gasteiger partial charge in [0, 0.05) is 23.3 Å². The first-order valence-electron chi connectivity index (χ1n) is 6.79. The van der Waals surface area contributed by atoms with Crippen LogP contribution in [0.25, 0.3) is 0 Å². The molecule has 0 aliphatic heterocycles. The molecule has 1 N–H and O–H groups in total. The molecule has 2 rings (SSSR count). The lowest BCUT2D eigenvalue weighted by molar-refractivity contribution is 0.285. The largest absolute Gasteiger partial charge is 0.484 e. The van der Waals surface area contributed by atoms with Crippen LogP contribution >= 0.6 is 15.9 Å². The Balaban J connectivity index is 1.95. The molecule has 0 unspecified atom stereocenters. The number of hydrogen-bond acceptors (Lipinski definition) is 3. The minimum atomic E-state index is -0.352. The Bertz CT molecular complexity index is 587. The van der Waals surface area contributed by atoms with Gasteiger partial charge in [-0.15, -0.1) is 0 Å². The predicted molar refractivity (Wildman–Crippen MR) is 84.6 cm³/mol. The Hall–Kier alpha value is -1.46. The van der Waals surface area contributed by atoms with Crippen molar-refractivity contribution in [1.29, 1.82) is 0 Å². The lowest BCUT2D eigenvalue weighted by atomic mass is 10.2. The van der Waals surface area contributed by atoms with E-state index in [1.165, 1.54) is 6.07 Å². The van der Waals surface area contributed by atoms with E-state index in [0.29, 0.717) is 12.6 Å². The van der Waals surface area contributed by atoms with Gasteiger partial charge in [0.2, 0.25) is 0 Å². The highest BCUT2D eigenvalue weighted by Crippen LogP contribution is 2.19. The second-order valence-corrected chi connectivity index (χ2v) is 5.97. The van der Waals surface area contributed by atoms with E-state index in [2.05, 4.69) is 40.1 Å². The molecule has 0 atom stereocenters. The maximum absolute atomic E-state index is 14.0. The van der Waals surface area contributed by atoms with E-state index in [0.717, 1.165) is 15.7 Å². The number of benzene rings is 1. The van der Waals surface area contributed by atoms with Crippen LogP contribution in [0.2, 0.25) is 0 Å². The molecule has 0 aliphatic rings. The Morgan fingerprint density at radius 2 is 2.10 bits per heavy atom. The summed E-state index contributed by atoms with van der Waals surface area (Å²) in [6.07, 6.45) is 1.69. The zero-order valence-corrected chi connectivity index (χ0v) is 13.7. The van der Waals surface area contributed by atoms with Crippen molar-refractivity contribution in [2.75, 3.05) is 0 Å². The van der Waals surface area contributed by atoms with Gasteiger partial charge in [-0.05, 0) is 45.8 Å². The SMILES string of the molecule is CC(C)NCc1ccc(OCc2ccc(Br)cn2)c(F)c1. The number of nitrogens with one attached hydrogen (secondary N) is 1. The summed E-state index contributed by atoms with van der Waals surface area (Å²) in [7, 11) is 0. The smallest absolute Gasteiger partial charge is 0.165 e. The van der Waals surface area contributed by atoms with E-state index in [1.807, 2.05) is 18.2 Å². The van der Waals surface area contributed by atoms with Crippen molar-refractivity contribution in [2.24, 2.45) is 0 Å².